The van der Waals surface area contributed by atoms with Crippen molar-refractivity contribution in [3.63, 3.8) is 0 Å². The molecule has 4 N–H and O–H groups in total. The van der Waals surface area contributed by atoms with Crippen LogP contribution in [0.25, 0.3) is 11.1 Å². The molecule has 1 aliphatic rings. The Labute approximate surface area is 285 Å². The Balaban J connectivity index is 1.68. The van der Waals surface area contributed by atoms with E-state index in [2.05, 4.69) is 78.8 Å². The van der Waals surface area contributed by atoms with Crippen LogP contribution in [0.4, 0.5) is 0 Å². The molecule has 0 atom stereocenters. The maximum atomic E-state index is 11.9. The molecule has 0 saturated carbocycles. The zero-order chi connectivity index (χ0) is 34.4. The highest BCUT2D eigenvalue weighted by molar-refractivity contribution is 5.69. The Kier molecular flexibility index (Phi) is 9.04. The summed E-state index contributed by atoms with van der Waals surface area (Å²) in [6.07, 6.45) is 1.35. The minimum Gasteiger partial charge on any atom is -0.507 e. The van der Waals surface area contributed by atoms with Crippen LogP contribution >= 0.6 is 0 Å². The molecule has 0 unspecified atom stereocenters. The third-order valence-corrected chi connectivity index (χ3v) is 10.2. The number of aromatic hydroxyl groups is 4. The van der Waals surface area contributed by atoms with E-state index in [1.807, 2.05) is 42.5 Å². The number of phenols is 4. The standard InChI is InChI=1S/C44H48O4/c1-24(2)29-13-32-19-35-17-31(28-11-9-8-10-12-28)18-36(42(35)46)20-33-15-30(25(3)4)16-37(43(33)47)23-40-27(7)39(26(5)6)22-38(44(40)48)21-34(14-29)41(32)45/h8-18,22,24-26,45-48H,19-21,23H2,1-7H3. The van der Waals surface area contributed by atoms with Gasteiger partial charge >= 0.3 is 0 Å². The lowest BCUT2D eigenvalue weighted by molar-refractivity contribution is 0.449. The van der Waals surface area contributed by atoms with E-state index in [-0.39, 0.29) is 40.8 Å². The lowest BCUT2D eigenvalue weighted by Gasteiger charge is -2.23. The van der Waals surface area contributed by atoms with E-state index in [0.717, 1.165) is 66.8 Å². The van der Waals surface area contributed by atoms with Crippen molar-refractivity contribution in [2.45, 2.75) is 91.9 Å². The van der Waals surface area contributed by atoms with Gasteiger partial charge in [-0.05, 0) is 109 Å². The number of hydrogen-bond donors (Lipinski definition) is 4. The molecule has 0 amide bonds. The largest absolute Gasteiger partial charge is 0.507 e. The molecule has 0 saturated heterocycles. The number of fused-ring (bicyclic) bond motifs is 8. The maximum absolute atomic E-state index is 11.9. The van der Waals surface area contributed by atoms with Gasteiger partial charge < -0.3 is 20.4 Å². The van der Waals surface area contributed by atoms with Crippen molar-refractivity contribution >= 4 is 0 Å². The zero-order valence-corrected chi connectivity index (χ0v) is 29.3. The van der Waals surface area contributed by atoms with Crippen molar-refractivity contribution in [2.75, 3.05) is 0 Å². The summed E-state index contributed by atoms with van der Waals surface area (Å²) in [5.41, 5.74) is 12.3. The van der Waals surface area contributed by atoms with Gasteiger partial charge in [-0.3, -0.25) is 0 Å². The Morgan fingerprint density at radius 2 is 0.833 bits per heavy atom. The second-order valence-corrected chi connectivity index (χ2v) is 14.6. The highest BCUT2D eigenvalue weighted by atomic mass is 16.3. The van der Waals surface area contributed by atoms with Crippen molar-refractivity contribution in [1.82, 2.24) is 0 Å². The highest BCUT2D eigenvalue weighted by Crippen LogP contribution is 2.42. The summed E-state index contributed by atoms with van der Waals surface area (Å²) in [6.45, 7) is 14.9. The first-order chi connectivity index (χ1) is 22.8. The first-order valence-electron chi connectivity index (χ1n) is 17.3. The topological polar surface area (TPSA) is 80.9 Å². The molecule has 8 bridgehead atoms. The van der Waals surface area contributed by atoms with E-state index < -0.39 is 0 Å². The van der Waals surface area contributed by atoms with E-state index in [1.54, 1.807) is 0 Å². The van der Waals surface area contributed by atoms with Crippen LogP contribution in [0, 0.1) is 6.92 Å². The average Bonchev–Trinajstić information content (AvgIpc) is 3.05. The molecular weight excluding hydrogens is 592 g/mol. The van der Waals surface area contributed by atoms with Crippen LogP contribution in [0.5, 0.6) is 23.0 Å². The fourth-order valence-electron chi connectivity index (χ4n) is 7.27. The molecule has 5 aromatic rings. The minimum atomic E-state index is 0.175. The summed E-state index contributed by atoms with van der Waals surface area (Å²) < 4.78 is 0. The molecule has 48 heavy (non-hydrogen) atoms. The second-order valence-electron chi connectivity index (χ2n) is 14.6. The second kappa shape index (κ2) is 13.1. The number of hydrogen-bond acceptors (Lipinski definition) is 4. The van der Waals surface area contributed by atoms with Crippen molar-refractivity contribution < 1.29 is 20.4 Å². The normalized spacial score (nSPS) is 13.0. The van der Waals surface area contributed by atoms with Gasteiger partial charge in [0.15, 0.2) is 0 Å². The summed E-state index contributed by atoms with van der Waals surface area (Å²) in [6, 6.07) is 24.4. The van der Waals surface area contributed by atoms with E-state index in [4.69, 9.17) is 0 Å². The fraction of sp³-hybridized carbons (Fsp3) is 0.318. The summed E-state index contributed by atoms with van der Waals surface area (Å²) in [4.78, 5) is 0. The van der Waals surface area contributed by atoms with Gasteiger partial charge in [0.2, 0.25) is 0 Å². The molecule has 5 aromatic carbocycles. The predicted molar refractivity (Wildman–Crippen MR) is 196 cm³/mol. The number of benzene rings is 5. The lowest BCUT2D eigenvalue weighted by atomic mass is 9.83. The van der Waals surface area contributed by atoms with Crippen LogP contribution in [0.15, 0.2) is 72.8 Å². The van der Waals surface area contributed by atoms with E-state index in [9.17, 15) is 20.4 Å². The van der Waals surface area contributed by atoms with Crippen LogP contribution in [0.2, 0.25) is 0 Å². The molecule has 6 rings (SSSR count). The molecule has 0 aliphatic heterocycles. The van der Waals surface area contributed by atoms with Crippen molar-refractivity contribution in [3.8, 4) is 34.1 Å². The number of phenolic OH excluding ortho intramolecular Hbond substituents is 4. The first-order valence-corrected chi connectivity index (χ1v) is 17.3. The number of rotatable bonds is 4. The fourth-order valence-corrected chi connectivity index (χ4v) is 7.27. The quantitative estimate of drug-likeness (QED) is 0.155. The molecule has 1 aliphatic carbocycles. The Hall–Kier alpha value is -4.70. The monoisotopic (exact) mass is 640 g/mol. The Morgan fingerprint density at radius 1 is 0.438 bits per heavy atom. The van der Waals surface area contributed by atoms with Crippen LogP contribution in [-0.4, -0.2) is 20.4 Å². The van der Waals surface area contributed by atoms with Gasteiger partial charge in [0.1, 0.15) is 23.0 Å². The first kappa shape index (κ1) is 33.2. The molecule has 4 heteroatoms. The van der Waals surface area contributed by atoms with Gasteiger partial charge in [-0.15, -0.1) is 0 Å². The van der Waals surface area contributed by atoms with Crippen LogP contribution < -0.4 is 0 Å². The van der Waals surface area contributed by atoms with Crippen LogP contribution in [0.3, 0.4) is 0 Å². The van der Waals surface area contributed by atoms with E-state index >= 15 is 0 Å². The molecule has 0 spiro atoms. The van der Waals surface area contributed by atoms with Crippen LogP contribution in [-0.2, 0) is 25.7 Å². The van der Waals surface area contributed by atoms with Gasteiger partial charge in [0.25, 0.3) is 0 Å². The van der Waals surface area contributed by atoms with Gasteiger partial charge in [-0.2, -0.15) is 0 Å². The van der Waals surface area contributed by atoms with Crippen molar-refractivity contribution in [3.05, 3.63) is 140 Å². The van der Waals surface area contributed by atoms with E-state index in [0.29, 0.717) is 36.8 Å². The van der Waals surface area contributed by atoms with Crippen molar-refractivity contribution in [2.24, 2.45) is 0 Å². The maximum Gasteiger partial charge on any atom is 0.122 e. The van der Waals surface area contributed by atoms with Crippen LogP contribution in [0.1, 0.15) is 126 Å². The van der Waals surface area contributed by atoms with Crippen molar-refractivity contribution in [1.29, 1.82) is 0 Å². The zero-order valence-electron chi connectivity index (χ0n) is 29.3. The SMILES string of the molecule is Cc1c(C(C)C)cc2c(O)c1Cc1cc(C(C)C)cc(c1O)Cc1cc(-c3ccccc3)cc(c1O)Cc1cc(C(C)C)cc(c1O)C2. The van der Waals surface area contributed by atoms with Gasteiger partial charge in [0.05, 0.1) is 0 Å². The Bertz CT molecular complexity index is 2000. The predicted octanol–water partition coefficient (Wildman–Crippen LogP) is 10.5. The molecular formula is C44H48O4. The smallest absolute Gasteiger partial charge is 0.122 e. The molecule has 0 heterocycles. The third kappa shape index (κ3) is 6.29. The molecule has 0 radical (unpaired) electrons. The molecule has 0 aromatic heterocycles. The highest BCUT2D eigenvalue weighted by Gasteiger charge is 2.24. The molecule has 4 nitrogen and oxygen atoms in total. The molecule has 0 fully saturated rings. The summed E-state index contributed by atoms with van der Waals surface area (Å²) in [5, 5.41) is 47.6. The molecule has 248 valence electrons. The lowest BCUT2D eigenvalue weighted by Crippen LogP contribution is -2.06. The summed E-state index contributed by atoms with van der Waals surface area (Å²) in [5.74, 6) is 1.42. The summed E-state index contributed by atoms with van der Waals surface area (Å²) >= 11 is 0. The van der Waals surface area contributed by atoms with E-state index in [1.165, 1.54) is 0 Å². The van der Waals surface area contributed by atoms with Gasteiger partial charge in [-0.1, -0.05) is 102 Å². The van der Waals surface area contributed by atoms with Gasteiger partial charge in [-0.25, -0.2) is 0 Å². The Morgan fingerprint density at radius 3 is 1.25 bits per heavy atom. The third-order valence-electron chi connectivity index (χ3n) is 10.2. The average molecular weight is 641 g/mol. The summed E-state index contributed by atoms with van der Waals surface area (Å²) in [7, 11) is 0. The van der Waals surface area contributed by atoms with Gasteiger partial charge in [0, 0.05) is 31.2 Å². The minimum absolute atomic E-state index is 0.175.